The summed E-state index contributed by atoms with van der Waals surface area (Å²) in [6, 6.07) is 17.2. The maximum Gasteiger partial charge on any atom is 0.315 e. The Kier molecular flexibility index (Phi) is 6.98. The molecule has 1 heterocycles. The van der Waals surface area contributed by atoms with Crippen molar-refractivity contribution in [2.45, 2.75) is 17.7 Å². The van der Waals surface area contributed by atoms with E-state index in [-0.39, 0.29) is 34.1 Å². The number of aromatic nitrogens is 1. The van der Waals surface area contributed by atoms with Crippen LogP contribution in [0.5, 0.6) is 5.75 Å². The van der Waals surface area contributed by atoms with Gasteiger partial charge in [-0.3, -0.25) is 19.7 Å². The van der Waals surface area contributed by atoms with Gasteiger partial charge in [-0.15, -0.1) is 0 Å². The number of halogens is 1. The van der Waals surface area contributed by atoms with E-state index in [4.69, 9.17) is 21.1 Å². The molecule has 1 fully saturated rings. The zero-order valence-corrected chi connectivity index (χ0v) is 22.6. The minimum atomic E-state index is -4.24. The summed E-state index contributed by atoms with van der Waals surface area (Å²) in [6.45, 7) is -0.0114. The predicted octanol–water partition coefficient (Wildman–Crippen LogP) is 5.02. The largest absolute Gasteiger partial charge is 0.492 e. The zero-order chi connectivity index (χ0) is 28.7. The summed E-state index contributed by atoms with van der Waals surface area (Å²) in [5.74, 6) is -1.19. The average molecular weight is 584 g/mol. The average Bonchev–Trinajstić information content (AvgIpc) is 3.64. The number of benzene rings is 3. The molecule has 0 bridgehead atoms. The number of esters is 1. The van der Waals surface area contributed by atoms with Crippen molar-refractivity contribution < 1.29 is 32.4 Å². The number of nitrogens with zero attached hydrogens (tertiary/aromatic N) is 2. The van der Waals surface area contributed by atoms with Crippen molar-refractivity contribution in [3.63, 3.8) is 0 Å². The van der Waals surface area contributed by atoms with Crippen LogP contribution in [0.3, 0.4) is 0 Å². The molecule has 0 atom stereocenters. The SMILES string of the molecule is COC(=O)C1(COc2ccc(NC(=O)c3cc4cc(Cl)ccc4n3S(=O)(=O)c3ccccc3)c([N+](=O)[O-])c2)CC1. The molecule has 1 saturated carbocycles. The molecule has 1 N–H and O–H groups in total. The molecule has 1 aliphatic carbocycles. The first-order valence-corrected chi connectivity index (χ1v) is 13.8. The Morgan fingerprint density at radius 3 is 2.45 bits per heavy atom. The summed E-state index contributed by atoms with van der Waals surface area (Å²) < 4.78 is 38.5. The Hall–Kier alpha value is -4.42. The number of carbonyl (C=O) groups excluding carboxylic acids is 2. The third-order valence-corrected chi connectivity index (χ3v) is 8.61. The fraction of sp³-hybridized carbons (Fsp3) is 0.185. The Balaban J connectivity index is 1.49. The van der Waals surface area contributed by atoms with Crippen LogP contribution in [0.15, 0.2) is 77.7 Å². The minimum Gasteiger partial charge on any atom is -0.492 e. The first kappa shape index (κ1) is 27.2. The van der Waals surface area contributed by atoms with Gasteiger partial charge in [0, 0.05) is 10.4 Å². The predicted molar refractivity (Wildman–Crippen MR) is 146 cm³/mol. The van der Waals surface area contributed by atoms with Crippen LogP contribution in [0.4, 0.5) is 11.4 Å². The number of nitro benzene ring substituents is 1. The lowest BCUT2D eigenvalue weighted by atomic mass is 10.1. The van der Waals surface area contributed by atoms with E-state index in [0.717, 1.165) is 10.0 Å². The maximum absolute atomic E-state index is 13.6. The van der Waals surface area contributed by atoms with Crippen LogP contribution < -0.4 is 10.1 Å². The number of amides is 1. The topological polar surface area (TPSA) is 147 Å². The van der Waals surface area contributed by atoms with Gasteiger partial charge in [-0.25, -0.2) is 12.4 Å². The van der Waals surface area contributed by atoms with Crippen LogP contribution in [0, 0.1) is 15.5 Å². The van der Waals surface area contributed by atoms with E-state index < -0.39 is 37.9 Å². The lowest BCUT2D eigenvalue weighted by molar-refractivity contribution is -0.384. The molecule has 1 amide bonds. The van der Waals surface area contributed by atoms with Gasteiger partial charge >= 0.3 is 5.97 Å². The Labute approximate surface area is 233 Å². The van der Waals surface area contributed by atoms with Crippen LogP contribution in [0.25, 0.3) is 10.9 Å². The maximum atomic E-state index is 13.6. The van der Waals surface area contributed by atoms with E-state index in [9.17, 15) is 28.1 Å². The summed E-state index contributed by atoms with van der Waals surface area (Å²) in [5, 5.41) is 15.0. The van der Waals surface area contributed by atoms with Crippen molar-refractivity contribution >= 4 is 55.8 Å². The third-order valence-electron chi connectivity index (χ3n) is 6.63. The monoisotopic (exact) mass is 583 g/mol. The van der Waals surface area contributed by atoms with Gasteiger partial charge in [0.05, 0.1) is 28.5 Å². The van der Waals surface area contributed by atoms with Gasteiger partial charge in [0.2, 0.25) is 0 Å². The van der Waals surface area contributed by atoms with Gasteiger partial charge in [-0.2, -0.15) is 0 Å². The van der Waals surface area contributed by atoms with E-state index in [1.807, 2.05) is 0 Å². The number of fused-ring (bicyclic) bond motifs is 1. The quantitative estimate of drug-likeness (QED) is 0.164. The number of hydrogen-bond acceptors (Lipinski definition) is 8. The van der Waals surface area contributed by atoms with Crippen molar-refractivity contribution in [3.8, 4) is 5.75 Å². The minimum absolute atomic E-state index is 0.0114. The van der Waals surface area contributed by atoms with Crippen molar-refractivity contribution in [2.24, 2.45) is 5.41 Å². The molecule has 0 saturated heterocycles. The molecule has 0 radical (unpaired) electrons. The smallest absolute Gasteiger partial charge is 0.315 e. The number of nitrogens with one attached hydrogen (secondary N) is 1. The highest BCUT2D eigenvalue weighted by Crippen LogP contribution is 2.47. The molecule has 0 aliphatic heterocycles. The van der Waals surface area contributed by atoms with E-state index in [0.29, 0.717) is 23.3 Å². The second kappa shape index (κ2) is 10.3. The zero-order valence-electron chi connectivity index (χ0n) is 21.0. The van der Waals surface area contributed by atoms with Gasteiger partial charge in [0.25, 0.3) is 21.6 Å². The third kappa shape index (κ3) is 4.98. The number of rotatable bonds is 9. The number of methoxy groups -OCH3 is 1. The standard InChI is InChI=1S/C27H22ClN3O8S/c1-38-26(33)27(11-12-27)16-39-19-8-9-21(23(15-19)31(34)35)29-25(32)24-14-17-13-18(28)7-10-22(17)30(24)40(36,37)20-5-3-2-4-6-20/h2-10,13-15H,11-12,16H2,1H3,(H,29,32). The molecular weight excluding hydrogens is 562 g/mol. The fourth-order valence-electron chi connectivity index (χ4n) is 4.32. The molecule has 0 unspecified atom stereocenters. The van der Waals surface area contributed by atoms with Crippen molar-refractivity contribution in [1.82, 2.24) is 3.97 Å². The van der Waals surface area contributed by atoms with E-state index in [1.54, 1.807) is 18.2 Å². The van der Waals surface area contributed by atoms with Gasteiger partial charge < -0.3 is 14.8 Å². The molecule has 11 nitrogen and oxygen atoms in total. The molecule has 3 aromatic carbocycles. The fourth-order valence-corrected chi connectivity index (χ4v) is 6.03. The lowest BCUT2D eigenvalue weighted by Gasteiger charge is -2.15. The van der Waals surface area contributed by atoms with Gasteiger partial charge in [0.15, 0.2) is 0 Å². The number of anilines is 1. The first-order valence-electron chi connectivity index (χ1n) is 12.0. The molecule has 1 aliphatic rings. The molecular formula is C27H22ClN3O8S. The number of ether oxygens (including phenoxy) is 2. The molecule has 1 aromatic heterocycles. The van der Waals surface area contributed by atoms with E-state index in [2.05, 4.69) is 5.32 Å². The second-order valence-corrected chi connectivity index (χ2v) is 11.5. The van der Waals surface area contributed by atoms with Crippen molar-refractivity contribution in [3.05, 3.63) is 93.6 Å². The van der Waals surface area contributed by atoms with Gasteiger partial charge in [0.1, 0.15) is 29.2 Å². The number of hydrogen-bond donors (Lipinski definition) is 1. The Bertz CT molecular complexity index is 1770. The molecule has 4 aromatic rings. The van der Waals surface area contributed by atoms with Crippen molar-refractivity contribution in [1.29, 1.82) is 0 Å². The normalized spacial score (nSPS) is 13.9. The van der Waals surface area contributed by atoms with Gasteiger partial charge in [-0.05, 0) is 61.4 Å². The van der Waals surface area contributed by atoms with Crippen molar-refractivity contribution in [2.75, 3.05) is 19.0 Å². The van der Waals surface area contributed by atoms with Crippen LogP contribution >= 0.6 is 11.6 Å². The molecule has 206 valence electrons. The summed E-state index contributed by atoms with van der Waals surface area (Å²) in [6.07, 6.45) is 1.17. The molecule has 13 heteroatoms. The molecule has 40 heavy (non-hydrogen) atoms. The molecule has 0 spiro atoms. The highest BCUT2D eigenvalue weighted by atomic mass is 35.5. The highest BCUT2D eigenvalue weighted by Gasteiger charge is 2.52. The first-order chi connectivity index (χ1) is 19.1. The number of nitro groups is 1. The summed E-state index contributed by atoms with van der Waals surface area (Å²) >= 11 is 6.10. The Morgan fingerprint density at radius 2 is 1.80 bits per heavy atom. The summed E-state index contributed by atoms with van der Waals surface area (Å²) in [4.78, 5) is 36.5. The van der Waals surface area contributed by atoms with Crippen LogP contribution in [-0.2, 0) is 19.6 Å². The van der Waals surface area contributed by atoms with Crippen LogP contribution in [-0.4, -0.2) is 42.9 Å². The van der Waals surface area contributed by atoms with Crippen LogP contribution in [0.2, 0.25) is 5.02 Å². The lowest BCUT2D eigenvalue weighted by Crippen LogP contribution is -2.24. The van der Waals surface area contributed by atoms with E-state index >= 15 is 0 Å². The second-order valence-electron chi connectivity index (χ2n) is 9.27. The van der Waals surface area contributed by atoms with E-state index in [1.165, 1.54) is 55.6 Å². The summed E-state index contributed by atoms with van der Waals surface area (Å²) in [7, 11) is -2.96. The highest BCUT2D eigenvalue weighted by molar-refractivity contribution is 7.90. The Morgan fingerprint density at radius 1 is 1.07 bits per heavy atom. The van der Waals surface area contributed by atoms with Gasteiger partial charge in [-0.1, -0.05) is 29.8 Å². The molecule has 5 rings (SSSR count). The summed E-state index contributed by atoms with van der Waals surface area (Å²) in [5.41, 5.74) is -1.49. The van der Waals surface area contributed by atoms with Crippen LogP contribution in [0.1, 0.15) is 23.3 Å². The number of carbonyl (C=O) groups is 2.